The minimum absolute atomic E-state index is 0.00549. The fourth-order valence-electron chi connectivity index (χ4n) is 5.03. The number of amides is 2. The molecule has 174 valence electrons. The summed E-state index contributed by atoms with van der Waals surface area (Å²) in [6, 6.07) is 16.3. The Balaban J connectivity index is 1.29. The van der Waals surface area contributed by atoms with Crippen LogP contribution in [0.3, 0.4) is 0 Å². The number of hydrogen-bond donors (Lipinski definition) is 2. The van der Waals surface area contributed by atoms with Gasteiger partial charge >= 0.3 is 12.1 Å². The molecule has 0 saturated heterocycles. The maximum Gasteiger partial charge on any atom is 0.407 e. The highest BCUT2D eigenvalue weighted by Crippen LogP contribution is 2.44. The number of carboxylic acids is 1. The highest BCUT2D eigenvalue weighted by Gasteiger charge is 2.34. The molecule has 2 amide bonds. The molecule has 1 unspecified atom stereocenters. The van der Waals surface area contributed by atoms with Gasteiger partial charge in [0, 0.05) is 31.5 Å². The fraction of sp³-hybridized carbons (Fsp3) is 0.423. The van der Waals surface area contributed by atoms with Gasteiger partial charge in [0.2, 0.25) is 5.91 Å². The minimum atomic E-state index is -0.920. The zero-order valence-electron chi connectivity index (χ0n) is 19.0. The highest BCUT2D eigenvalue weighted by atomic mass is 16.5. The summed E-state index contributed by atoms with van der Waals surface area (Å²) >= 11 is 0. The second-order valence-electron chi connectivity index (χ2n) is 9.13. The Kier molecular flexibility index (Phi) is 6.67. The van der Waals surface area contributed by atoms with E-state index in [1.807, 2.05) is 24.3 Å². The number of ether oxygens (including phenoxy) is 1. The molecule has 0 bridgehead atoms. The molecule has 4 rings (SSSR count). The predicted octanol–water partition coefficient (Wildman–Crippen LogP) is 3.87. The number of alkyl carbamates (subject to hydrolysis) is 1. The highest BCUT2D eigenvalue weighted by molar-refractivity contribution is 5.80. The Morgan fingerprint density at radius 1 is 1.06 bits per heavy atom. The lowest BCUT2D eigenvalue weighted by Crippen LogP contribution is -2.38. The SMILES string of the molecule is CC(CN(C)C(=O)[C@H]1CC[C@@H](NC(=O)OCC2c3ccccc3-c3ccccc32)C1)C(=O)O. The standard InChI is InChI=1S/C26H30N2O5/c1-16(25(30)31)14-28(2)24(29)17-11-12-18(13-17)27-26(32)33-15-23-21-9-5-3-7-19(21)20-8-4-6-10-22(20)23/h3-10,16-18,23H,11-15H2,1-2H3,(H,27,32)(H,30,31)/t16?,17-,18+/m0/s1. The molecule has 0 aliphatic heterocycles. The van der Waals surface area contributed by atoms with Crippen molar-refractivity contribution in [3.8, 4) is 11.1 Å². The average Bonchev–Trinajstić information content (AvgIpc) is 3.39. The first kappa shape index (κ1) is 22.8. The first-order chi connectivity index (χ1) is 15.8. The van der Waals surface area contributed by atoms with Gasteiger partial charge in [0.15, 0.2) is 0 Å². The van der Waals surface area contributed by atoms with Crippen molar-refractivity contribution in [1.29, 1.82) is 0 Å². The lowest BCUT2D eigenvalue weighted by Gasteiger charge is -2.23. The van der Waals surface area contributed by atoms with E-state index in [2.05, 4.69) is 29.6 Å². The number of nitrogens with zero attached hydrogens (tertiary/aromatic N) is 1. The van der Waals surface area contributed by atoms with Crippen molar-refractivity contribution in [3.05, 3.63) is 59.7 Å². The summed E-state index contributed by atoms with van der Waals surface area (Å²) < 4.78 is 5.61. The van der Waals surface area contributed by atoms with E-state index < -0.39 is 18.0 Å². The predicted molar refractivity (Wildman–Crippen MR) is 124 cm³/mol. The van der Waals surface area contributed by atoms with Crippen molar-refractivity contribution >= 4 is 18.0 Å². The third-order valence-electron chi connectivity index (χ3n) is 6.79. The Labute approximate surface area is 193 Å². The number of nitrogens with one attached hydrogen (secondary N) is 1. The molecular formula is C26H30N2O5. The smallest absolute Gasteiger partial charge is 0.407 e. The van der Waals surface area contributed by atoms with Gasteiger partial charge in [0.05, 0.1) is 5.92 Å². The molecule has 2 aliphatic carbocycles. The van der Waals surface area contributed by atoms with Crippen LogP contribution < -0.4 is 5.32 Å². The van der Waals surface area contributed by atoms with E-state index in [0.717, 1.165) is 11.1 Å². The number of fused-ring (bicyclic) bond motifs is 3. The van der Waals surface area contributed by atoms with Gasteiger partial charge in [-0.3, -0.25) is 9.59 Å². The second kappa shape index (κ2) is 9.65. The molecule has 2 aromatic carbocycles. The van der Waals surface area contributed by atoms with Crippen molar-refractivity contribution in [2.75, 3.05) is 20.2 Å². The van der Waals surface area contributed by atoms with Crippen molar-refractivity contribution < 1.29 is 24.2 Å². The van der Waals surface area contributed by atoms with Crippen LogP contribution >= 0.6 is 0 Å². The Bertz CT molecular complexity index is 1010. The molecule has 33 heavy (non-hydrogen) atoms. The van der Waals surface area contributed by atoms with E-state index >= 15 is 0 Å². The van der Waals surface area contributed by atoms with Crippen LogP contribution in [0.2, 0.25) is 0 Å². The molecule has 0 radical (unpaired) electrons. The van der Waals surface area contributed by atoms with Crippen molar-refractivity contribution in [3.63, 3.8) is 0 Å². The van der Waals surface area contributed by atoms with Gasteiger partial charge in [0.25, 0.3) is 0 Å². The van der Waals surface area contributed by atoms with Gasteiger partial charge < -0.3 is 20.1 Å². The molecule has 2 aliphatic rings. The average molecular weight is 451 g/mol. The molecule has 1 saturated carbocycles. The fourth-order valence-corrected chi connectivity index (χ4v) is 5.03. The second-order valence-corrected chi connectivity index (χ2v) is 9.13. The van der Waals surface area contributed by atoms with E-state index in [-0.39, 0.29) is 36.9 Å². The minimum Gasteiger partial charge on any atom is -0.481 e. The Hall–Kier alpha value is -3.35. The summed E-state index contributed by atoms with van der Waals surface area (Å²) in [7, 11) is 1.63. The third-order valence-corrected chi connectivity index (χ3v) is 6.79. The molecule has 7 heteroatoms. The molecule has 3 atom stereocenters. The topological polar surface area (TPSA) is 95.9 Å². The first-order valence-electron chi connectivity index (χ1n) is 11.4. The summed E-state index contributed by atoms with van der Waals surface area (Å²) in [6.07, 6.45) is 1.43. The van der Waals surface area contributed by atoms with E-state index in [1.54, 1.807) is 14.0 Å². The summed E-state index contributed by atoms with van der Waals surface area (Å²) in [5.41, 5.74) is 4.69. The molecule has 7 nitrogen and oxygen atoms in total. The maximum atomic E-state index is 12.7. The van der Waals surface area contributed by atoms with Gasteiger partial charge in [-0.15, -0.1) is 0 Å². The zero-order chi connectivity index (χ0) is 23.5. The van der Waals surface area contributed by atoms with Gasteiger partial charge in [-0.25, -0.2) is 4.79 Å². The Morgan fingerprint density at radius 2 is 1.67 bits per heavy atom. The van der Waals surface area contributed by atoms with E-state index in [4.69, 9.17) is 9.84 Å². The maximum absolute atomic E-state index is 12.7. The largest absolute Gasteiger partial charge is 0.481 e. The van der Waals surface area contributed by atoms with Crippen molar-refractivity contribution in [1.82, 2.24) is 10.2 Å². The first-order valence-corrected chi connectivity index (χ1v) is 11.4. The van der Waals surface area contributed by atoms with E-state index in [9.17, 15) is 14.4 Å². The molecule has 0 heterocycles. The van der Waals surface area contributed by atoms with Crippen molar-refractivity contribution in [2.24, 2.45) is 11.8 Å². The van der Waals surface area contributed by atoms with Crippen LogP contribution in [0.4, 0.5) is 4.79 Å². The van der Waals surface area contributed by atoms with Crippen LogP contribution in [0.15, 0.2) is 48.5 Å². The number of carbonyl (C=O) groups is 3. The summed E-state index contributed by atoms with van der Waals surface area (Å²) in [5.74, 6) is -1.81. The molecule has 2 N–H and O–H groups in total. The molecular weight excluding hydrogens is 420 g/mol. The number of benzene rings is 2. The van der Waals surface area contributed by atoms with Crippen LogP contribution in [-0.2, 0) is 14.3 Å². The molecule has 0 spiro atoms. The van der Waals surface area contributed by atoms with E-state index in [1.165, 1.54) is 16.0 Å². The number of aliphatic carboxylic acids is 1. The third kappa shape index (κ3) is 4.87. The Morgan fingerprint density at radius 3 is 2.27 bits per heavy atom. The van der Waals surface area contributed by atoms with Gasteiger partial charge in [-0.1, -0.05) is 55.5 Å². The van der Waals surface area contributed by atoms with Crippen molar-refractivity contribution in [2.45, 2.75) is 38.1 Å². The number of hydrogen-bond acceptors (Lipinski definition) is 4. The normalized spacial score (nSPS) is 19.9. The van der Waals surface area contributed by atoms with Gasteiger partial charge in [-0.2, -0.15) is 0 Å². The summed E-state index contributed by atoms with van der Waals surface area (Å²) in [4.78, 5) is 37.7. The van der Waals surface area contributed by atoms with Crippen LogP contribution in [-0.4, -0.2) is 54.2 Å². The monoisotopic (exact) mass is 450 g/mol. The number of carbonyl (C=O) groups excluding carboxylic acids is 2. The molecule has 0 aromatic heterocycles. The van der Waals surface area contributed by atoms with Gasteiger partial charge in [0.1, 0.15) is 6.61 Å². The number of carboxylic acid groups (broad SMARTS) is 1. The van der Waals surface area contributed by atoms with Gasteiger partial charge in [-0.05, 0) is 41.5 Å². The number of rotatable bonds is 7. The lowest BCUT2D eigenvalue weighted by molar-refractivity contribution is -0.143. The van der Waals surface area contributed by atoms with E-state index in [0.29, 0.717) is 19.3 Å². The van der Waals surface area contributed by atoms with Crippen LogP contribution in [0, 0.1) is 11.8 Å². The molecule has 1 fully saturated rings. The zero-order valence-corrected chi connectivity index (χ0v) is 19.0. The van der Waals surface area contributed by atoms with Crippen LogP contribution in [0.1, 0.15) is 43.2 Å². The van der Waals surface area contributed by atoms with Crippen LogP contribution in [0.25, 0.3) is 11.1 Å². The lowest BCUT2D eigenvalue weighted by atomic mass is 9.98. The quantitative estimate of drug-likeness (QED) is 0.668. The summed E-state index contributed by atoms with van der Waals surface area (Å²) in [5, 5.41) is 12.0. The summed E-state index contributed by atoms with van der Waals surface area (Å²) in [6.45, 7) is 2.02. The molecule has 2 aromatic rings. The van der Waals surface area contributed by atoms with Crippen LogP contribution in [0.5, 0.6) is 0 Å².